The summed E-state index contributed by atoms with van der Waals surface area (Å²) < 4.78 is 10.5. The van der Waals surface area contributed by atoms with Gasteiger partial charge in [-0.25, -0.2) is 0 Å². The normalized spacial score (nSPS) is 12.2. The van der Waals surface area contributed by atoms with Gasteiger partial charge in [-0.05, 0) is 24.3 Å². The van der Waals surface area contributed by atoms with E-state index in [9.17, 15) is 10.1 Å². The van der Waals surface area contributed by atoms with E-state index in [0.717, 1.165) is 0 Å². The second-order valence-corrected chi connectivity index (χ2v) is 4.23. The summed E-state index contributed by atoms with van der Waals surface area (Å²) in [6.45, 7) is 0.181. The third kappa shape index (κ3) is 2.16. The number of nitrogens with zero attached hydrogens (tertiary/aromatic N) is 1. The molecule has 0 saturated heterocycles. The topological polar surface area (TPSA) is 99.7 Å². The van der Waals surface area contributed by atoms with Crippen LogP contribution < -0.4 is 20.5 Å². The van der Waals surface area contributed by atoms with E-state index in [4.69, 9.17) is 15.2 Å². The van der Waals surface area contributed by atoms with Crippen molar-refractivity contribution >= 4 is 22.7 Å². The van der Waals surface area contributed by atoms with Crippen LogP contribution in [0.4, 0.5) is 22.7 Å². The van der Waals surface area contributed by atoms with Gasteiger partial charge in [-0.2, -0.15) is 0 Å². The highest BCUT2D eigenvalue weighted by Crippen LogP contribution is 2.36. The molecule has 0 bridgehead atoms. The van der Waals surface area contributed by atoms with Gasteiger partial charge in [0.1, 0.15) is 5.69 Å². The molecule has 7 heteroatoms. The van der Waals surface area contributed by atoms with Gasteiger partial charge < -0.3 is 20.5 Å². The molecule has 0 saturated carbocycles. The van der Waals surface area contributed by atoms with E-state index in [-0.39, 0.29) is 12.5 Å². The first kappa shape index (κ1) is 12.1. The number of anilines is 3. The molecule has 3 rings (SSSR count). The maximum Gasteiger partial charge on any atom is 0.294 e. The SMILES string of the molecule is Nc1ccc(Nc2ccc3c(c2)OCO3)c([N+](=O)[O-])c1. The highest BCUT2D eigenvalue weighted by Gasteiger charge is 2.17. The van der Waals surface area contributed by atoms with Crippen LogP contribution in [0.3, 0.4) is 0 Å². The fourth-order valence-electron chi connectivity index (χ4n) is 1.94. The van der Waals surface area contributed by atoms with Crippen LogP contribution in [0, 0.1) is 10.1 Å². The molecule has 0 aliphatic carbocycles. The lowest BCUT2D eigenvalue weighted by Gasteiger charge is -2.08. The fraction of sp³-hybridized carbons (Fsp3) is 0.0769. The third-order valence-electron chi connectivity index (χ3n) is 2.87. The second-order valence-electron chi connectivity index (χ2n) is 4.23. The summed E-state index contributed by atoms with van der Waals surface area (Å²) in [5.74, 6) is 1.26. The summed E-state index contributed by atoms with van der Waals surface area (Å²) in [6.07, 6.45) is 0. The number of hydrogen-bond acceptors (Lipinski definition) is 6. The minimum atomic E-state index is -0.480. The van der Waals surface area contributed by atoms with Crippen LogP contribution in [0.5, 0.6) is 11.5 Å². The number of fused-ring (bicyclic) bond motifs is 1. The summed E-state index contributed by atoms with van der Waals surface area (Å²) in [5.41, 5.74) is 6.86. The molecule has 0 unspecified atom stereocenters. The number of ether oxygens (including phenoxy) is 2. The molecular formula is C13H11N3O4. The first-order valence-corrected chi connectivity index (χ1v) is 5.84. The van der Waals surface area contributed by atoms with Gasteiger partial charge in [-0.3, -0.25) is 10.1 Å². The van der Waals surface area contributed by atoms with E-state index in [1.54, 1.807) is 30.3 Å². The standard InChI is InChI=1S/C13H11N3O4/c14-8-1-3-10(11(5-8)16(17)18)15-9-2-4-12-13(6-9)20-7-19-12/h1-6,15H,7,14H2. The van der Waals surface area contributed by atoms with Gasteiger partial charge in [0.05, 0.1) is 4.92 Å². The van der Waals surface area contributed by atoms with Crippen LogP contribution in [0.1, 0.15) is 0 Å². The Hall–Kier alpha value is -2.96. The van der Waals surface area contributed by atoms with Gasteiger partial charge in [-0.15, -0.1) is 0 Å². The van der Waals surface area contributed by atoms with Crippen molar-refractivity contribution in [1.29, 1.82) is 0 Å². The van der Waals surface area contributed by atoms with Crippen molar-refractivity contribution in [3.63, 3.8) is 0 Å². The largest absolute Gasteiger partial charge is 0.454 e. The van der Waals surface area contributed by atoms with Crippen molar-refractivity contribution in [2.45, 2.75) is 0 Å². The fourth-order valence-corrected chi connectivity index (χ4v) is 1.94. The summed E-state index contributed by atoms with van der Waals surface area (Å²) >= 11 is 0. The van der Waals surface area contributed by atoms with Crippen molar-refractivity contribution in [2.75, 3.05) is 17.8 Å². The number of rotatable bonds is 3. The summed E-state index contributed by atoms with van der Waals surface area (Å²) in [7, 11) is 0. The molecule has 0 atom stereocenters. The Morgan fingerprint density at radius 3 is 2.75 bits per heavy atom. The van der Waals surface area contributed by atoms with Crippen molar-refractivity contribution in [3.8, 4) is 11.5 Å². The molecular weight excluding hydrogens is 262 g/mol. The predicted octanol–water partition coefficient (Wildman–Crippen LogP) is 2.65. The number of nitrogen functional groups attached to an aromatic ring is 1. The van der Waals surface area contributed by atoms with Gasteiger partial charge in [0.25, 0.3) is 5.69 Å². The molecule has 2 aromatic rings. The molecule has 0 radical (unpaired) electrons. The van der Waals surface area contributed by atoms with Crippen LogP contribution in [-0.4, -0.2) is 11.7 Å². The Bertz CT molecular complexity index is 687. The molecule has 102 valence electrons. The lowest BCUT2D eigenvalue weighted by Crippen LogP contribution is -1.98. The third-order valence-corrected chi connectivity index (χ3v) is 2.87. The molecule has 1 heterocycles. The van der Waals surface area contributed by atoms with Gasteiger partial charge in [0.2, 0.25) is 6.79 Å². The molecule has 20 heavy (non-hydrogen) atoms. The minimum absolute atomic E-state index is 0.0809. The van der Waals surface area contributed by atoms with E-state index in [1.807, 2.05) is 0 Å². The van der Waals surface area contributed by atoms with Gasteiger partial charge >= 0.3 is 0 Å². The lowest BCUT2D eigenvalue weighted by atomic mass is 10.2. The minimum Gasteiger partial charge on any atom is -0.454 e. The molecule has 0 spiro atoms. The lowest BCUT2D eigenvalue weighted by molar-refractivity contribution is -0.383. The van der Waals surface area contributed by atoms with Crippen molar-refractivity contribution < 1.29 is 14.4 Å². The van der Waals surface area contributed by atoms with E-state index < -0.39 is 4.92 Å². The van der Waals surface area contributed by atoms with E-state index in [1.165, 1.54) is 6.07 Å². The molecule has 1 aliphatic heterocycles. The number of nitrogens with one attached hydrogen (secondary N) is 1. The number of nitro benzene ring substituents is 1. The number of nitro groups is 1. The predicted molar refractivity (Wildman–Crippen MR) is 73.4 cm³/mol. The summed E-state index contributed by atoms with van der Waals surface area (Å²) in [6, 6.07) is 9.71. The van der Waals surface area contributed by atoms with Crippen LogP contribution >= 0.6 is 0 Å². The second kappa shape index (κ2) is 4.61. The molecule has 0 aromatic heterocycles. The summed E-state index contributed by atoms with van der Waals surface area (Å²) in [4.78, 5) is 10.5. The Morgan fingerprint density at radius 2 is 1.95 bits per heavy atom. The zero-order chi connectivity index (χ0) is 14.1. The molecule has 1 aliphatic rings. The maximum atomic E-state index is 11.0. The zero-order valence-electron chi connectivity index (χ0n) is 10.3. The maximum absolute atomic E-state index is 11.0. The zero-order valence-corrected chi connectivity index (χ0v) is 10.3. The summed E-state index contributed by atoms with van der Waals surface area (Å²) in [5, 5.41) is 14.0. The smallest absolute Gasteiger partial charge is 0.294 e. The van der Waals surface area contributed by atoms with E-state index in [2.05, 4.69) is 5.32 Å². The highest BCUT2D eigenvalue weighted by molar-refractivity contribution is 5.73. The quantitative estimate of drug-likeness (QED) is 0.506. The number of nitrogens with two attached hydrogens (primary N) is 1. The van der Waals surface area contributed by atoms with E-state index >= 15 is 0 Å². The van der Waals surface area contributed by atoms with Gasteiger partial charge in [-0.1, -0.05) is 0 Å². The van der Waals surface area contributed by atoms with Crippen LogP contribution in [0.15, 0.2) is 36.4 Å². The Balaban J connectivity index is 1.93. The number of benzene rings is 2. The Kier molecular flexibility index (Phi) is 2.79. The Labute approximate surface area is 114 Å². The van der Waals surface area contributed by atoms with Crippen molar-refractivity contribution in [3.05, 3.63) is 46.5 Å². The average molecular weight is 273 g/mol. The monoisotopic (exact) mass is 273 g/mol. The molecule has 7 nitrogen and oxygen atoms in total. The van der Waals surface area contributed by atoms with Crippen molar-refractivity contribution in [1.82, 2.24) is 0 Å². The van der Waals surface area contributed by atoms with Crippen LogP contribution in [0.2, 0.25) is 0 Å². The first-order valence-electron chi connectivity index (χ1n) is 5.84. The first-order chi connectivity index (χ1) is 9.63. The number of hydrogen-bond donors (Lipinski definition) is 2. The molecule has 0 fully saturated rings. The average Bonchev–Trinajstić information content (AvgIpc) is 2.88. The molecule has 0 amide bonds. The van der Waals surface area contributed by atoms with Crippen LogP contribution in [0.25, 0.3) is 0 Å². The van der Waals surface area contributed by atoms with Crippen LogP contribution in [-0.2, 0) is 0 Å². The van der Waals surface area contributed by atoms with Gasteiger partial charge in [0, 0.05) is 23.5 Å². The molecule has 2 aromatic carbocycles. The Morgan fingerprint density at radius 1 is 1.15 bits per heavy atom. The van der Waals surface area contributed by atoms with E-state index in [0.29, 0.717) is 28.6 Å². The molecule has 3 N–H and O–H groups in total. The highest BCUT2D eigenvalue weighted by atomic mass is 16.7. The van der Waals surface area contributed by atoms with Crippen molar-refractivity contribution in [2.24, 2.45) is 0 Å². The van der Waals surface area contributed by atoms with Gasteiger partial charge in [0.15, 0.2) is 11.5 Å².